The van der Waals surface area contributed by atoms with Crippen LogP contribution in [0, 0.1) is 0 Å². The first-order chi connectivity index (χ1) is 20.2. The molecule has 5 rings (SSSR count). The fourth-order valence-corrected chi connectivity index (χ4v) is 5.62. The van der Waals surface area contributed by atoms with E-state index in [1.807, 2.05) is 13.0 Å². The second-order valence-electron chi connectivity index (χ2n) is 8.95. The summed E-state index contributed by atoms with van der Waals surface area (Å²) in [5.41, 5.74) is 0.742. The standard InChI is InChI=1S/C15H16Cl3N3O2.C12H11Cl2N3O2/c1-2-4-20(15(22)21-5-3-19-10-21)6-7-23-14-12(17)8-11(16)9-13(14)18;13-9-1-2-10(11(14)5-9)12(18-3-4-19-12)6-17-8-15-7-16-17/h3,5,8-10H,2,4,6-7H2,1H3;1-2,5,7-8H,3-4,6H2. The van der Waals surface area contributed by atoms with Gasteiger partial charge >= 0.3 is 6.03 Å². The summed E-state index contributed by atoms with van der Waals surface area (Å²) >= 11 is 30.2. The Kier molecular flexibility index (Phi) is 11.7. The fraction of sp³-hybridized carbons (Fsp3) is 0.333. The number of amides is 1. The number of hydrogen-bond acceptors (Lipinski definition) is 7. The summed E-state index contributed by atoms with van der Waals surface area (Å²) in [7, 11) is 0. The van der Waals surface area contributed by atoms with E-state index < -0.39 is 5.79 Å². The van der Waals surface area contributed by atoms with Crippen LogP contribution < -0.4 is 4.74 Å². The molecule has 0 spiro atoms. The van der Waals surface area contributed by atoms with E-state index in [0.717, 1.165) is 12.0 Å². The van der Waals surface area contributed by atoms with Crippen molar-refractivity contribution in [1.29, 1.82) is 0 Å². The second kappa shape index (κ2) is 15.2. The van der Waals surface area contributed by atoms with Crippen LogP contribution in [0.5, 0.6) is 5.75 Å². The van der Waals surface area contributed by atoms with Crippen LogP contribution >= 0.6 is 58.0 Å². The minimum atomic E-state index is -0.935. The van der Waals surface area contributed by atoms with E-state index in [-0.39, 0.29) is 12.6 Å². The van der Waals surface area contributed by atoms with Crippen molar-refractivity contribution in [3.05, 3.63) is 92.4 Å². The number of rotatable bonds is 9. The molecule has 1 fully saturated rings. The zero-order valence-electron chi connectivity index (χ0n) is 22.4. The number of ether oxygens (including phenoxy) is 3. The highest BCUT2D eigenvalue weighted by Crippen LogP contribution is 2.38. The summed E-state index contributed by atoms with van der Waals surface area (Å²) < 4.78 is 20.3. The average molecular weight is 677 g/mol. The fourth-order valence-electron chi connectivity index (χ4n) is 4.15. The number of carbonyl (C=O) groups excluding carboxylic acids is 1. The molecule has 0 radical (unpaired) electrons. The van der Waals surface area contributed by atoms with Crippen molar-refractivity contribution in [1.82, 2.24) is 29.2 Å². The number of hydrogen-bond donors (Lipinski definition) is 0. The lowest BCUT2D eigenvalue weighted by molar-refractivity contribution is -0.177. The maximum absolute atomic E-state index is 12.3. The molecule has 1 amide bonds. The van der Waals surface area contributed by atoms with Crippen LogP contribution in [0.4, 0.5) is 4.79 Å². The molecule has 15 heteroatoms. The van der Waals surface area contributed by atoms with Gasteiger partial charge in [-0.1, -0.05) is 71.0 Å². The molecule has 0 N–H and O–H groups in total. The van der Waals surface area contributed by atoms with Gasteiger partial charge in [0.2, 0.25) is 5.79 Å². The van der Waals surface area contributed by atoms with Gasteiger partial charge in [-0.25, -0.2) is 19.4 Å². The molecule has 0 atom stereocenters. The van der Waals surface area contributed by atoms with Crippen LogP contribution in [0.3, 0.4) is 0 Å². The zero-order chi connectivity index (χ0) is 30.1. The van der Waals surface area contributed by atoms with Crippen molar-refractivity contribution >= 4 is 64.0 Å². The van der Waals surface area contributed by atoms with Crippen LogP contribution in [0.1, 0.15) is 18.9 Å². The van der Waals surface area contributed by atoms with Gasteiger partial charge < -0.3 is 19.1 Å². The number of nitrogens with zero attached hydrogens (tertiary/aromatic N) is 6. The normalized spacial score (nSPS) is 13.9. The first-order valence-electron chi connectivity index (χ1n) is 12.8. The first-order valence-corrected chi connectivity index (χ1v) is 14.7. The summed E-state index contributed by atoms with van der Waals surface area (Å²) in [4.78, 5) is 21.8. The number of benzene rings is 2. The Bertz CT molecular complexity index is 1430. The average Bonchev–Trinajstić information content (AvgIpc) is 3.74. The maximum Gasteiger partial charge on any atom is 0.329 e. The monoisotopic (exact) mass is 674 g/mol. The lowest BCUT2D eigenvalue weighted by atomic mass is 10.1. The molecule has 42 heavy (non-hydrogen) atoms. The molecule has 0 saturated carbocycles. The van der Waals surface area contributed by atoms with Crippen molar-refractivity contribution in [2.24, 2.45) is 0 Å². The molecule has 4 aromatic rings. The Morgan fingerprint density at radius 3 is 2.29 bits per heavy atom. The van der Waals surface area contributed by atoms with E-state index in [0.29, 0.717) is 63.7 Å². The van der Waals surface area contributed by atoms with Crippen molar-refractivity contribution in [2.75, 3.05) is 32.9 Å². The molecule has 10 nitrogen and oxygen atoms in total. The van der Waals surface area contributed by atoms with Crippen LogP contribution in [0.2, 0.25) is 25.1 Å². The predicted octanol–water partition coefficient (Wildman–Crippen LogP) is 7.09. The summed E-state index contributed by atoms with van der Waals surface area (Å²) in [5, 5.41) is 6.27. The van der Waals surface area contributed by atoms with Crippen LogP contribution in [0.25, 0.3) is 0 Å². The molecule has 1 aliphatic heterocycles. The molecule has 0 unspecified atom stereocenters. The Labute approximate surface area is 267 Å². The molecular formula is C27H27Cl5N6O4. The third kappa shape index (κ3) is 8.29. The van der Waals surface area contributed by atoms with E-state index >= 15 is 0 Å². The highest BCUT2D eigenvalue weighted by molar-refractivity contribution is 6.40. The van der Waals surface area contributed by atoms with Gasteiger partial charge in [0.25, 0.3) is 0 Å². The molecule has 0 aliphatic carbocycles. The molecule has 3 heterocycles. The zero-order valence-corrected chi connectivity index (χ0v) is 26.2. The smallest absolute Gasteiger partial charge is 0.329 e. The third-order valence-electron chi connectivity index (χ3n) is 5.99. The molecule has 0 bridgehead atoms. The summed E-state index contributed by atoms with van der Waals surface area (Å²) in [5.74, 6) is -0.570. The third-order valence-corrected chi connectivity index (χ3v) is 7.32. The quantitative estimate of drug-likeness (QED) is 0.187. The minimum absolute atomic E-state index is 0.152. The molecule has 2 aromatic carbocycles. The topological polar surface area (TPSA) is 96.5 Å². The lowest BCUT2D eigenvalue weighted by Gasteiger charge is -2.28. The van der Waals surface area contributed by atoms with Gasteiger partial charge in [-0.2, -0.15) is 5.10 Å². The largest absolute Gasteiger partial charge is 0.489 e. The van der Waals surface area contributed by atoms with Crippen molar-refractivity contribution in [3.8, 4) is 5.75 Å². The van der Waals surface area contributed by atoms with Gasteiger partial charge in [0.1, 0.15) is 32.1 Å². The first kappa shape index (κ1) is 32.3. The van der Waals surface area contributed by atoms with Crippen molar-refractivity contribution < 1.29 is 19.0 Å². The molecule has 2 aromatic heterocycles. The van der Waals surface area contributed by atoms with Crippen LogP contribution in [0.15, 0.2) is 61.7 Å². The number of carbonyl (C=O) groups is 1. The summed E-state index contributed by atoms with van der Waals surface area (Å²) in [6, 6.07) is 8.22. The van der Waals surface area contributed by atoms with Gasteiger partial charge in [0, 0.05) is 34.5 Å². The maximum atomic E-state index is 12.3. The minimum Gasteiger partial charge on any atom is -0.489 e. The van der Waals surface area contributed by atoms with Gasteiger partial charge in [-0.05, 0) is 30.7 Å². The second-order valence-corrected chi connectivity index (χ2v) is 11.0. The Balaban J connectivity index is 0.000000196. The van der Waals surface area contributed by atoms with Gasteiger partial charge in [-0.3, -0.25) is 4.57 Å². The van der Waals surface area contributed by atoms with E-state index in [4.69, 9.17) is 72.2 Å². The SMILES string of the molecule is CCCN(CCOc1c(Cl)cc(Cl)cc1Cl)C(=O)n1ccnc1.Clc1ccc(C2(Cn3cncn3)OCCO2)c(Cl)c1. The Morgan fingerprint density at radius 1 is 0.976 bits per heavy atom. The highest BCUT2D eigenvalue weighted by Gasteiger charge is 2.41. The van der Waals surface area contributed by atoms with E-state index in [1.165, 1.54) is 17.2 Å². The highest BCUT2D eigenvalue weighted by atomic mass is 35.5. The van der Waals surface area contributed by atoms with Crippen LogP contribution in [-0.4, -0.2) is 68.2 Å². The number of imidazole rings is 1. The van der Waals surface area contributed by atoms with Gasteiger partial charge in [-0.15, -0.1) is 0 Å². The van der Waals surface area contributed by atoms with E-state index in [2.05, 4.69) is 15.1 Å². The van der Waals surface area contributed by atoms with E-state index in [9.17, 15) is 4.79 Å². The Hall–Kier alpha value is -2.57. The number of aromatic nitrogens is 5. The predicted molar refractivity (Wildman–Crippen MR) is 162 cm³/mol. The van der Waals surface area contributed by atoms with Gasteiger partial charge in [0.05, 0.1) is 34.8 Å². The Morgan fingerprint density at radius 2 is 1.69 bits per heavy atom. The van der Waals surface area contributed by atoms with Gasteiger partial charge in [0.15, 0.2) is 5.75 Å². The molecule has 1 aliphatic rings. The summed E-state index contributed by atoms with van der Waals surface area (Å²) in [6.07, 6.45) is 8.55. The van der Waals surface area contributed by atoms with E-state index in [1.54, 1.807) is 52.6 Å². The number of halogens is 5. The molecule has 224 valence electrons. The van der Waals surface area contributed by atoms with Crippen molar-refractivity contribution in [3.63, 3.8) is 0 Å². The van der Waals surface area contributed by atoms with Crippen LogP contribution in [-0.2, 0) is 21.8 Å². The summed E-state index contributed by atoms with van der Waals surface area (Å²) in [6.45, 7) is 4.68. The molecular weight excluding hydrogens is 650 g/mol. The molecule has 1 saturated heterocycles. The lowest BCUT2D eigenvalue weighted by Crippen LogP contribution is -2.37. The van der Waals surface area contributed by atoms with Crippen molar-refractivity contribution in [2.45, 2.75) is 25.7 Å².